The monoisotopic (exact) mass is 449 g/mol. The van der Waals surface area contributed by atoms with Crippen molar-refractivity contribution in [2.75, 3.05) is 6.54 Å². The van der Waals surface area contributed by atoms with Crippen molar-refractivity contribution in [2.24, 2.45) is 5.92 Å². The van der Waals surface area contributed by atoms with Crippen LogP contribution in [0.2, 0.25) is 0 Å². The molecule has 0 aliphatic carbocycles. The largest absolute Gasteiger partial charge is 0.481 e. The molecule has 0 saturated carbocycles. The van der Waals surface area contributed by atoms with Gasteiger partial charge in [-0.3, -0.25) is 9.59 Å². The second-order valence-electron chi connectivity index (χ2n) is 8.42. The SMILES string of the molecule is CC(CCCc1ccccc1)C(O)/C=C/[C@H]1CC(F)(F)C(=O)N1C/C=C\CCCC(=O)O. The Morgan fingerprint density at radius 2 is 1.97 bits per heavy atom. The van der Waals surface area contributed by atoms with E-state index in [1.807, 2.05) is 25.1 Å². The fourth-order valence-corrected chi connectivity index (χ4v) is 3.76. The molecule has 176 valence electrons. The molecule has 1 aliphatic heterocycles. The number of aryl methyl sites for hydroxylation is 1. The molecule has 1 fully saturated rings. The first-order valence-electron chi connectivity index (χ1n) is 11.2. The zero-order valence-electron chi connectivity index (χ0n) is 18.5. The lowest BCUT2D eigenvalue weighted by atomic mass is 9.95. The van der Waals surface area contributed by atoms with Crippen LogP contribution < -0.4 is 0 Å². The summed E-state index contributed by atoms with van der Waals surface area (Å²) in [6.45, 7) is 1.95. The summed E-state index contributed by atoms with van der Waals surface area (Å²) in [5.74, 6) is -5.55. The molecule has 0 aromatic heterocycles. The van der Waals surface area contributed by atoms with Crippen molar-refractivity contribution in [3.8, 4) is 0 Å². The third-order valence-electron chi connectivity index (χ3n) is 5.75. The third-order valence-corrected chi connectivity index (χ3v) is 5.75. The van der Waals surface area contributed by atoms with E-state index in [4.69, 9.17) is 5.11 Å². The number of hydrogen-bond donors (Lipinski definition) is 2. The molecule has 1 heterocycles. The fourth-order valence-electron chi connectivity index (χ4n) is 3.76. The summed E-state index contributed by atoms with van der Waals surface area (Å²) in [4.78, 5) is 23.7. The molecule has 1 aromatic rings. The summed E-state index contributed by atoms with van der Waals surface area (Å²) in [7, 11) is 0. The molecule has 3 atom stereocenters. The number of unbranched alkanes of at least 4 members (excludes halogenated alkanes) is 1. The molecule has 2 N–H and O–H groups in total. The van der Waals surface area contributed by atoms with E-state index < -0.39 is 36.4 Å². The molecule has 1 amide bonds. The first-order chi connectivity index (χ1) is 15.2. The van der Waals surface area contributed by atoms with Crippen molar-refractivity contribution in [3.63, 3.8) is 0 Å². The number of carbonyl (C=O) groups is 2. The predicted octanol–water partition coefficient (Wildman–Crippen LogP) is 4.61. The minimum Gasteiger partial charge on any atom is -0.481 e. The molecule has 0 spiro atoms. The van der Waals surface area contributed by atoms with Gasteiger partial charge in [0.15, 0.2) is 0 Å². The van der Waals surface area contributed by atoms with Gasteiger partial charge < -0.3 is 15.1 Å². The van der Waals surface area contributed by atoms with Gasteiger partial charge in [0.05, 0.1) is 12.1 Å². The standard InChI is InChI=1S/C25H33F2NO4/c1-19(10-9-13-20-11-5-4-6-12-20)22(29)16-15-21-18-25(26,27)24(32)28(21)17-8-3-2-7-14-23(30)31/h3-6,8,11-12,15-16,19,21-22,29H,2,7,9-10,13-14,17-18H2,1H3,(H,30,31)/b8-3-,16-15+/t19?,21-,22?/m0/s1. The molecule has 7 heteroatoms. The van der Waals surface area contributed by atoms with E-state index in [9.17, 15) is 23.5 Å². The van der Waals surface area contributed by atoms with Gasteiger partial charge in [-0.05, 0) is 43.6 Å². The molecule has 32 heavy (non-hydrogen) atoms. The summed E-state index contributed by atoms with van der Waals surface area (Å²) >= 11 is 0. The number of likely N-dealkylation sites (tertiary alicyclic amines) is 1. The van der Waals surface area contributed by atoms with E-state index >= 15 is 0 Å². The summed E-state index contributed by atoms with van der Waals surface area (Å²) in [6.07, 6.45) is 8.59. The Kier molecular flexibility index (Phi) is 10.0. The lowest BCUT2D eigenvalue weighted by molar-refractivity contribution is -0.147. The highest BCUT2D eigenvalue weighted by atomic mass is 19.3. The Balaban J connectivity index is 1.85. The van der Waals surface area contributed by atoms with Crippen LogP contribution in [0.15, 0.2) is 54.6 Å². The first kappa shape index (κ1) is 25.7. The van der Waals surface area contributed by atoms with Crippen LogP contribution in [-0.4, -0.2) is 51.6 Å². The zero-order chi connectivity index (χ0) is 23.6. The zero-order valence-corrected chi connectivity index (χ0v) is 18.5. The van der Waals surface area contributed by atoms with Gasteiger partial charge in [0.25, 0.3) is 5.91 Å². The van der Waals surface area contributed by atoms with Crippen molar-refractivity contribution >= 4 is 11.9 Å². The Bertz CT molecular complexity index is 794. The van der Waals surface area contributed by atoms with Crippen molar-refractivity contribution in [3.05, 3.63) is 60.2 Å². The Morgan fingerprint density at radius 3 is 2.66 bits per heavy atom. The van der Waals surface area contributed by atoms with E-state index in [-0.39, 0.29) is 18.9 Å². The molecular weight excluding hydrogens is 416 g/mol. The Morgan fingerprint density at radius 1 is 1.25 bits per heavy atom. The van der Waals surface area contributed by atoms with Gasteiger partial charge in [-0.15, -0.1) is 0 Å². The van der Waals surface area contributed by atoms with E-state index in [0.717, 1.165) is 24.2 Å². The number of halogens is 2. The number of aliphatic carboxylic acids is 1. The number of alkyl halides is 2. The molecule has 0 radical (unpaired) electrons. The Labute approximate surface area is 188 Å². The van der Waals surface area contributed by atoms with Crippen LogP contribution in [0.3, 0.4) is 0 Å². The minimum absolute atomic E-state index is 0.0270. The second-order valence-corrected chi connectivity index (χ2v) is 8.42. The number of aliphatic hydroxyl groups excluding tert-OH is 1. The Hall–Kier alpha value is -2.54. The number of nitrogens with zero attached hydrogens (tertiary/aromatic N) is 1. The van der Waals surface area contributed by atoms with Gasteiger partial charge in [-0.2, -0.15) is 8.78 Å². The first-order valence-corrected chi connectivity index (χ1v) is 11.2. The number of benzene rings is 1. The summed E-state index contributed by atoms with van der Waals surface area (Å²) in [5, 5.41) is 19.1. The van der Waals surface area contributed by atoms with Crippen molar-refractivity contribution < 1.29 is 28.6 Å². The predicted molar refractivity (Wildman–Crippen MR) is 119 cm³/mol. The number of allylic oxidation sites excluding steroid dienone is 1. The maximum absolute atomic E-state index is 14.0. The van der Waals surface area contributed by atoms with Crippen molar-refractivity contribution in [1.82, 2.24) is 4.90 Å². The van der Waals surface area contributed by atoms with Crippen LogP contribution in [-0.2, 0) is 16.0 Å². The number of amides is 1. The lowest BCUT2D eigenvalue weighted by Gasteiger charge is -2.21. The highest BCUT2D eigenvalue weighted by Crippen LogP contribution is 2.34. The maximum atomic E-state index is 14.0. The number of carboxylic acid groups (broad SMARTS) is 1. The lowest BCUT2D eigenvalue weighted by Crippen LogP contribution is -2.36. The summed E-state index contributed by atoms with van der Waals surface area (Å²) < 4.78 is 28.0. The quantitative estimate of drug-likeness (QED) is 0.341. The van der Waals surface area contributed by atoms with Crippen LogP contribution in [0.1, 0.15) is 51.0 Å². The molecule has 1 saturated heterocycles. The van der Waals surface area contributed by atoms with Gasteiger partial charge in [0.1, 0.15) is 0 Å². The van der Waals surface area contributed by atoms with Gasteiger partial charge in [0.2, 0.25) is 0 Å². The van der Waals surface area contributed by atoms with Crippen molar-refractivity contribution in [1.29, 1.82) is 0 Å². The van der Waals surface area contributed by atoms with Crippen LogP contribution in [0.4, 0.5) is 8.78 Å². The molecule has 0 bridgehead atoms. The highest BCUT2D eigenvalue weighted by Gasteiger charge is 2.52. The molecule has 5 nitrogen and oxygen atoms in total. The molecular formula is C25H33F2NO4. The number of carboxylic acids is 1. The van der Waals surface area contributed by atoms with E-state index in [1.54, 1.807) is 12.2 Å². The van der Waals surface area contributed by atoms with E-state index in [2.05, 4.69) is 12.1 Å². The highest BCUT2D eigenvalue weighted by molar-refractivity contribution is 5.86. The van der Waals surface area contributed by atoms with E-state index in [0.29, 0.717) is 12.8 Å². The van der Waals surface area contributed by atoms with Crippen molar-refractivity contribution in [2.45, 2.75) is 69.9 Å². The third kappa shape index (κ3) is 8.19. The van der Waals surface area contributed by atoms with Crippen LogP contribution in [0.25, 0.3) is 0 Å². The molecule has 1 aliphatic rings. The fraction of sp³-hybridized carbons (Fsp3) is 0.520. The molecule has 2 unspecified atom stereocenters. The maximum Gasteiger partial charge on any atom is 0.327 e. The van der Waals surface area contributed by atoms with Gasteiger partial charge in [0, 0.05) is 19.4 Å². The number of carbonyl (C=O) groups excluding carboxylic acids is 1. The summed E-state index contributed by atoms with van der Waals surface area (Å²) in [5.41, 5.74) is 1.24. The van der Waals surface area contributed by atoms with Gasteiger partial charge >= 0.3 is 11.9 Å². The van der Waals surface area contributed by atoms with Crippen LogP contribution in [0, 0.1) is 5.92 Å². The van der Waals surface area contributed by atoms with E-state index in [1.165, 1.54) is 17.7 Å². The van der Waals surface area contributed by atoms with Gasteiger partial charge in [-0.25, -0.2) is 0 Å². The molecule has 2 rings (SSSR count). The van der Waals surface area contributed by atoms with Crippen LogP contribution in [0.5, 0.6) is 0 Å². The average molecular weight is 450 g/mol. The number of hydrogen-bond acceptors (Lipinski definition) is 3. The summed E-state index contributed by atoms with van der Waals surface area (Å²) in [6, 6.07) is 9.29. The average Bonchev–Trinajstić information content (AvgIpc) is 2.97. The molecule has 1 aromatic carbocycles. The topological polar surface area (TPSA) is 77.8 Å². The second kappa shape index (κ2) is 12.5. The number of aliphatic hydroxyl groups is 1. The normalized spacial score (nSPS) is 20.3. The minimum atomic E-state index is -3.42. The van der Waals surface area contributed by atoms with Crippen LogP contribution >= 0.6 is 0 Å². The smallest absolute Gasteiger partial charge is 0.327 e. The number of rotatable bonds is 13. The van der Waals surface area contributed by atoms with Gasteiger partial charge in [-0.1, -0.05) is 61.6 Å².